The van der Waals surface area contributed by atoms with Crippen LogP contribution in [-0.2, 0) is 11.4 Å². The van der Waals surface area contributed by atoms with Gasteiger partial charge in [-0.3, -0.25) is 4.79 Å². The molecule has 2 aliphatic rings. The van der Waals surface area contributed by atoms with Gasteiger partial charge in [-0.2, -0.15) is 0 Å². The van der Waals surface area contributed by atoms with Crippen molar-refractivity contribution in [2.24, 2.45) is 0 Å². The van der Waals surface area contributed by atoms with Gasteiger partial charge >= 0.3 is 0 Å². The molecule has 1 aliphatic heterocycles. The zero-order chi connectivity index (χ0) is 12.5. The lowest BCUT2D eigenvalue weighted by atomic mass is 10.1. The van der Waals surface area contributed by atoms with Crippen molar-refractivity contribution >= 4 is 23.4 Å². The SMILES string of the molecule is O=C1CSc2ccc(CO)cc2N1C1CCCC1. The minimum absolute atomic E-state index is 0.0324. The van der Waals surface area contributed by atoms with Crippen LogP contribution in [-0.4, -0.2) is 22.8 Å². The molecule has 18 heavy (non-hydrogen) atoms. The molecule has 1 heterocycles. The van der Waals surface area contributed by atoms with Gasteiger partial charge in [-0.15, -0.1) is 11.8 Å². The van der Waals surface area contributed by atoms with Gasteiger partial charge in [0.25, 0.3) is 0 Å². The number of fused-ring (bicyclic) bond motifs is 1. The zero-order valence-electron chi connectivity index (χ0n) is 10.3. The van der Waals surface area contributed by atoms with Crippen molar-refractivity contribution in [2.45, 2.75) is 43.2 Å². The van der Waals surface area contributed by atoms with Crippen molar-refractivity contribution in [1.29, 1.82) is 0 Å². The third kappa shape index (κ3) is 2.04. The number of carbonyl (C=O) groups excluding carboxylic acids is 1. The van der Waals surface area contributed by atoms with E-state index in [9.17, 15) is 9.90 Å². The van der Waals surface area contributed by atoms with E-state index in [1.165, 1.54) is 17.7 Å². The molecule has 1 amide bonds. The number of thioether (sulfide) groups is 1. The van der Waals surface area contributed by atoms with Crippen molar-refractivity contribution in [3.8, 4) is 0 Å². The second-order valence-corrected chi connectivity index (χ2v) is 5.97. The Labute approximate surface area is 111 Å². The smallest absolute Gasteiger partial charge is 0.237 e. The van der Waals surface area contributed by atoms with Gasteiger partial charge in [0.05, 0.1) is 18.0 Å². The summed E-state index contributed by atoms with van der Waals surface area (Å²) in [6.45, 7) is 0.0324. The van der Waals surface area contributed by atoms with Crippen LogP contribution in [0.15, 0.2) is 23.1 Å². The Balaban J connectivity index is 2.00. The third-order valence-corrected chi connectivity index (χ3v) is 4.82. The summed E-state index contributed by atoms with van der Waals surface area (Å²) in [6, 6.07) is 6.30. The zero-order valence-corrected chi connectivity index (χ0v) is 11.1. The molecular formula is C14H17NO2S. The van der Waals surface area contributed by atoms with Crippen LogP contribution in [0.2, 0.25) is 0 Å². The van der Waals surface area contributed by atoms with Crippen molar-refractivity contribution in [3.05, 3.63) is 23.8 Å². The second kappa shape index (κ2) is 4.94. The van der Waals surface area contributed by atoms with Crippen molar-refractivity contribution in [1.82, 2.24) is 0 Å². The Morgan fingerprint density at radius 3 is 2.83 bits per heavy atom. The predicted molar refractivity (Wildman–Crippen MR) is 72.8 cm³/mol. The highest BCUT2D eigenvalue weighted by Gasteiger charge is 2.32. The number of rotatable bonds is 2. The molecule has 1 fully saturated rings. The fourth-order valence-corrected chi connectivity index (χ4v) is 3.77. The van der Waals surface area contributed by atoms with Crippen LogP contribution < -0.4 is 4.90 Å². The average Bonchev–Trinajstić information content (AvgIpc) is 2.91. The van der Waals surface area contributed by atoms with Crippen LogP contribution in [0.5, 0.6) is 0 Å². The lowest BCUT2D eigenvalue weighted by molar-refractivity contribution is -0.116. The molecule has 1 aromatic rings. The quantitative estimate of drug-likeness (QED) is 0.891. The van der Waals surface area contributed by atoms with Gasteiger partial charge in [0, 0.05) is 10.9 Å². The number of hydrogen-bond donors (Lipinski definition) is 1. The molecule has 1 aromatic carbocycles. The van der Waals surface area contributed by atoms with Crippen molar-refractivity contribution in [2.75, 3.05) is 10.7 Å². The fourth-order valence-electron chi connectivity index (χ4n) is 2.88. The molecule has 0 spiro atoms. The summed E-state index contributed by atoms with van der Waals surface area (Å²) in [4.78, 5) is 15.3. The van der Waals surface area contributed by atoms with Crippen LogP contribution in [0.4, 0.5) is 5.69 Å². The molecule has 0 atom stereocenters. The summed E-state index contributed by atoms with van der Waals surface area (Å²) in [5, 5.41) is 9.25. The second-order valence-electron chi connectivity index (χ2n) is 4.95. The highest BCUT2D eigenvalue weighted by Crippen LogP contribution is 2.39. The Hall–Kier alpha value is -1.00. The van der Waals surface area contributed by atoms with Crippen LogP contribution >= 0.6 is 11.8 Å². The molecule has 0 unspecified atom stereocenters. The van der Waals surface area contributed by atoms with E-state index in [4.69, 9.17) is 0 Å². The lowest BCUT2D eigenvalue weighted by Crippen LogP contribution is -2.42. The average molecular weight is 263 g/mol. The largest absolute Gasteiger partial charge is 0.392 e. The van der Waals surface area contributed by atoms with Crippen LogP contribution in [0.1, 0.15) is 31.2 Å². The fraction of sp³-hybridized carbons (Fsp3) is 0.500. The predicted octanol–water partition coefficient (Wildman–Crippen LogP) is 2.56. The molecule has 1 N–H and O–H groups in total. The first-order chi connectivity index (χ1) is 8.79. The Bertz CT molecular complexity index is 469. The number of anilines is 1. The van der Waals surface area contributed by atoms with E-state index < -0.39 is 0 Å². The maximum Gasteiger partial charge on any atom is 0.237 e. The maximum absolute atomic E-state index is 12.2. The minimum atomic E-state index is 0.0324. The number of nitrogens with zero attached hydrogens (tertiary/aromatic N) is 1. The maximum atomic E-state index is 12.2. The highest BCUT2D eigenvalue weighted by atomic mass is 32.2. The lowest BCUT2D eigenvalue weighted by Gasteiger charge is -2.34. The molecular weight excluding hydrogens is 246 g/mol. The van der Waals surface area contributed by atoms with Gasteiger partial charge in [0.1, 0.15) is 0 Å². The summed E-state index contributed by atoms with van der Waals surface area (Å²) >= 11 is 1.61. The first-order valence-corrected chi connectivity index (χ1v) is 7.47. The number of amides is 1. The molecule has 0 saturated heterocycles. The first-order valence-electron chi connectivity index (χ1n) is 6.48. The van der Waals surface area contributed by atoms with Gasteiger partial charge in [0.2, 0.25) is 5.91 Å². The molecule has 3 rings (SSSR count). The van der Waals surface area contributed by atoms with E-state index >= 15 is 0 Å². The molecule has 1 saturated carbocycles. The summed E-state index contributed by atoms with van der Waals surface area (Å²) in [5.41, 5.74) is 1.89. The van der Waals surface area contributed by atoms with Gasteiger partial charge < -0.3 is 10.0 Å². The van der Waals surface area contributed by atoms with E-state index in [0.29, 0.717) is 11.8 Å². The van der Waals surface area contributed by atoms with E-state index in [1.54, 1.807) is 11.8 Å². The standard InChI is InChI=1S/C14H17NO2S/c16-8-10-5-6-13-12(7-10)15(14(17)9-18-13)11-3-1-2-4-11/h5-7,11,16H,1-4,8-9H2. The van der Waals surface area contributed by atoms with Gasteiger partial charge in [-0.25, -0.2) is 0 Å². The van der Waals surface area contributed by atoms with Crippen LogP contribution in [0, 0.1) is 0 Å². The van der Waals surface area contributed by atoms with E-state index in [0.717, 1.165) is 24.1 Å². The summed E-state index contributed by atoms with van der Waals surface area (Å²) in [6.07, 6.45) is 4.66. The van der Waals surface area contributed by atoms with E-state index in [1.807, 2.05) is 23.1 Å². The Kier molecular flexibility index (Phi) is 3.31. The number of aliphatic hydroxyl groups is 1. The van der Waals surface area contributed by atoms with Gasteiger partial charge in [0.15, 0.2) is 0 Å². The first kappa shape index (κ1) is 12.1. The number of benzene rings is 1. The Morgan fingerprint density at radius 1 is 1.33 bits per heavy atom. The van der Waals surface area contributed by atoms with Crippen molar-refractivity contribution in [3.63, 3.8) is 0 Å². The van der Waals surface area contributed by atoms with Crippen LogP contribution in [0.3, 0.4) is 0 Å². The van der Waals surface area contributed by atoms with Gasteiger partial charge in [-0.1, -0.05) is 18.9 Å². The summed E-state index contributed by atoms with van der Waals surface area (Å²) in [7, 11) is 0. The molecule has 1 aliphatic carbocycles. The molecule has 4 heteroatoms. The highest BCUT2D eigenvalue weighted by molar-refractivity contribution is 8.00. The summed E-state index contributed by atoms with van der Waals surface area (Å²) < 4.78 is 0. The molecule has 96 valence electrons. The third-order valence-electron chi connectivity index (χ3n) is 3.78. The number of aliphatic hydroxyl groups excluding tert-OH is 1. The molecule has 0 radical (unpaired) electrons. The van der Waals surface area contributed by atoms with Crippen molar-refractivity contribution < 1.29 is 9.90 Å². The number of hydrogen-bond acceptors (Lipinski definition) is 3. The normalized spacial score (nSPS) is 20.3. The number of carbonyl (C=O) groups is 1. The van der Waals surface area contributed by atoms with Crippen LogP contribution in [0.25, 0.3) is 0 Å². The monoisotopic (exact) mass is 263 g/mol. The van der Waals surface area contributed by atoms with E-state index in [-0.39, 0.29) is 12.5 Å². The van der Waals surface area contributed by atoms with Gasteiger partial charge in [-0.05, 0) is 30.5 Å². The molecule has 0 bridgehead atoms. The summed E-state index contributed by atoms with van der Waals surface area (Å²) in [5.74, 6) is 0.761. The minimum Gasteiger partial charge on any atom is -0.392 e. The molecule has 3 nitrogen and oxygen atoms in total. The molecule has 0 aromatic heterocycles. The topological polar surface area (TPSA) is 40.5 Å². The Morgan fingerprint density at radius 2 is 2.11 bits per heavy atom. The van der Waals surface area contributed by atoms with E-state index in [2.05, 4.69) is 0 Å².